The molecule has 0 radical (unpaired) electrons. The van der Waals surface area contributed by atoms with Crippen LogP contribution in [0.25, 0.3) is 0 Å². The van der Waals surface area contributed by atoms with Crippen LogP contribution in [0.3, 0.4) is 0 Å². The molecular weight excluding hydrogens is 373 g/mol. The molecule has 1 fully saturated rings. The van der Waals surface area contributed by atoms with Crippen molar-refractivity contribution in [1.29, 1.82) is 0 Å². The molecule has 0 bridgehead atoms. The molecule has 0 aliphatic carbocycles. The van der Waals surface area contributed by atoms with Crippen LogP contribution in [0.5, 0.6) is 0 Å². The first-order chi connectivity index (χ1) is 12.0. The van der Waals surface area contributed by atoms with Crippen LogP contribution in [-0.2, 0) is 13.8 Å². The van der Waals surface area contributed by atoms with Crippen LogP contribution in [0.4, 0.5) is 5.82 Å². The average Bonchev–Trinajstić information content (AvgIpc) is 3.11. The summed E-state index contributed by atoms with van der Waals surface area (Å²) in [6, 6.07) is 0. The van der Waals surface area contributed by atoms with Crippen LogP contribution in [0.15, 0.2) is 6.33 Å². The van der Waals surface area contributed by atoms with E-state index in [2.05, 4.69) is 9.51 Å². The van der Waals surface area contributed by atoms with Gasteiger partial charge >= 0.3 is 7.82 Å². The summed E-state index contributed by atoms with van der Waals surface area (Å²) in [7, 11) is -1.62. The average molecular weight is 393 g/mol. The summed E-state index contributed by atoms with van der Waals surface area (Å²) in [4.78, 5) is 36.7. The first kappa shape index (κ1) is 19.2. The van der Waals surface area contributed by atoms with E-state index >= 15 is 0 Å². The summed E-state index contributed by atoms with van der Waals surface area (Å²) in [5.41, 5.74) is 6.06. The molecule has 3 heterocycles. The Bertz CT molecular complexity index is 752. The predicted octanol–water partition coefficient (Wildman–Crippen LogP) is -2.62. The van der Waals surface area contributed by atoms with Gasteiger partial charge in [-0.15, -0.1) is 0 Å². The molecule has 0 spiro atoms. The van der Waals surface area contributed by atoms with E-state index in [-0.39, 0.29) is 11.5 Å². The van der Waals surface area contributed by atoms with Crippen LogP contribution in [0.2, 0.25) is 0 Å². The van der Waals surface area contributed by atoms with Crippen molar-refractivity contribution in [1.82, 2.24) is 14.5 Å². The molecule has 1 aromatic heterocycles. The summed E-state index contributed by atoms with van der Waals surface area (Å²) < 4.78 is 22.0. The second-order valence-electron chi connectivity index (χ2n) is 6.10. The van der Waals surface area contributed by atoms with E-state index in [0.29, 0.717) is 0 Å². The lowest BCUT2D eigenvalue weighted by atomic mass is 10.1. The second kappa shape index (κ2) is 6.55. The number of nitrogens with zero attached hydrogens (tertiary/aromatic N) is 4. The van der Waals surface area contributed by atoms with E-state index < -0.39 is 51.2 Å². The first-order valence-electron chi connectivity index (χ1n) is 7.57. The van der Waals surface area contributed by atoms with Gasteiger partial charge in [0.05, 0.1) is 12.9 Å². The van der Waals surface area contributed by atoms with Crippen LogP contribution < -0.4 is 10.6 Å². The summed E-state index contributed by atoms with van der Waals surface area (Å²) >= 11 is 0. The standard InChI is InChI=1S/C12H20N5O8P/c1-15-9-6(10(20)16(2)12(15)13)14-4-17(9)11-8(19)7(18)5(25-11)3-24-26(21,22)23/h4-5,7-8,11-12,18-19H,3,13H2,1-2H3,(H2,21,22,23)/t5-,7-,8-,11-,12?/m1/s1. The van der Waals surface area contributed by atoms with Gasteiger partial charge in [-0.2, -0.15) is 0 Å². The minimum absolute atomic E-state index is 0.0944. The number of aromatic nitrogens is 2. The number of phosphoric ester groups is 1. The van der Waals surface area contributed by atoms with Crippen molar-refractivity contribution >= 4 is 19.5 Å². The molecule has 0 saturated carbocycles. The lowest BCUT2D eigenvalue weighted by Crippen LogP contribution is -2.57. The number of amides is 1. The molecule has 6 N–H and O–H groups in total. The van der Waals surface area contributed by atoms with Gasteiger partial charge in [-0.1, -0.05) is 0 Å². The SMILES string of the molecule is CN1C(=O)c2ncn([C@@H]3O[C@H](COP(=O)(O)O)[C@@H](O)[C@H]3O)c2N(C)C1N. The van der Waals surface area contributed by atoms with Gasteiger partial charge in [0.1, 0.15) is 24.1 Å². The number of imidazole rings is 1. The number of aliphatic hydroxyl groups excluding tert-OH is 2. The highest BCUT2D eigenvalue weighted by molar-refractivity contribution is 7.46. The smallest absolute Gasteiger partial charge is 0.387 e. The van der Waals surface area contributed by atoms with Crippen molar-refractivity contribution in [3.63, 3.8) is 0 Å². The van der Waals surface area contributed by atoms with E-state index in [1.165, 1.54) is 22.8 Å². The third kappa shape index (κ3) is 3.12. The molecule has 14 heteroatoms. The monoisotopic (exact) mass is 393 g/mol. The van der Waals surface area contributed by atoms with Gasteiger partial charge in [0, 0.05) is 14.1 Å². The maximum absolute atomic E-state index is 12.3. The molecule has 0 aromatic carbocycles. The highest BCUT2D eigenvalue weighted by Crippen LogP contribution is 2.40. The molecule has 1 amide bonds. The summed E-state index contributed by atoms with van der Waals surface area (Å²) in [5.74, 6) is -0.132. The van der Waals surface area contributed by atoms with E-state index in [0.717, 1.165) is 0 Å². The number of aliphatic hydroxyl groups is 2. The highest BCUT2D eigenvalue weighted by Gasteiger charge is 2.47. The van der Waals surface area contributed by atoms with Crippen LogP contribution in [0.1, 0.15) is 16.7 Å². The summed E-state index contributed by atoms with van der Waals surface area (Å²) in [6.07, 6.45) is -4.77. The Hall–Kier alpha value is -1.57. The number of hydrogen-bond acceptors (Lipinski definition) is 9. The number of hydrogen-bond donors (Lipinski definition) is 5. The lowest BCUT2D eigenvalue weighted by molar-refractivity contribution is -0.0516. The van der Waals surface area contributed by atoms with Crippen LogP contribution in [-0.4, -0.2) is 85.7 Å². The molecule has 1 unspecified atom stereocenters. The molecule has 26 heavy (non-hydrogen) atoms. The fourth-order valence-electron chi connectivity index (χ4n) is 2.98. The largest absolute Gasteiger partial charge is 0.469 e. The Balaban J connectivity index is 1.88. The summed E-state index contributed by atoms with van der Waals surface area (Å²) in [5, 5.41) is 20.4. The van der Waals surface area contributed by atoms with Gasteiger partial charge in [-0.25, -0.2) is 9.55 Å². The minimum Gasteiger partial charge on any atom is -0.387 e. The minimum atomic E-state index is -4.76. The van der Waals surface area contributed by atoms with Crippen molar-refractivity contribution < 1.29 is 38.6 Å². The van der Waals surface area contributed by atoms with Crippen molar-refractivity contribution in [2.45, 2.75) is 30.8 Å². The maximum atomic E-state index is 12.3. The number of anilines is 1. The number of fused-ring (bicyclic) bond motifs is 1. The molecular formula is C12H20N5O8P. The van der Waals surface area contributed by atoms with Crippen LogP contribution in [0, 0.1) is 0 Å². The quantitative estimate of drug-likeness (QED) is 0.337. The Kier molecular flexibility index (Phi) is 4.83. The number of carbonyl (C=O) groups excluding carboxylic acids is 1. The summed E-state index contributed by atoms with van der Waals surface area (Å²) in [6.45, 7) is -0.632. The van der Waals surface area contributed by atoms with Gasteiger partial charge < -0.3 is 34.5 Å². The zero-order chi connectivity index (χ0) is 19.4. The molecule has 13 nitrogen and oxygen atoms in total. The number of nitrogens with two attached hydrogens (primary N) is 1. The van der Waals surface area contributed by atoms with E-state index in [1.807, 2.05) is 0 Å². The highest BCUT2D eigenvalue weighted by atomic mass is 31.2. The van der Waals surface area contributed by atoms with E-state index in [9.17, 15) is 19.6 Å². The van der Waals surface area contributed by atoms with Crippen molar-refractivity contribution in [3.8, 4) is 0 Å². The topological polar surface area (TPSA) is 184 Å². The molecule has 1 saturated heterocycles. The fourth-order valence-corrected chi connectivity index (χ4v) is 3.32. The molecule has 3 rings (SSSR count). The van der Waals surface area contributed by atoms with E-state index in [4.69, 9.17) is 20.3 Å². The Labute approximate surface area is 147 Å². The van der Waals surface area contributed by atoms with Gasteiger partial charge in [0.25, 0.3) is 5.91 Å². The third-order valence-electron chi connectivity index (χ3n) is 4.44. The molecule has 2 aliphatic rings. The number of carbonyl (C=O) groups is 1. The second-order valence-corrected chi connectivity index (χ2v) is 7.34. The fraction of sp³-hybridized carbons (Fsp3) is 0.667. The zero-order valence-electron chi connectivity index (χ0n) is 13.9. The van der Waals surface area contributed by atoms with Crippen molar-refractivity contribution in [2.24, 2.45) is 5.73 Å². The molecule has 2 aliphatic heterocycles. The van der Waals surface area contributed by atoms with Gasteiger partial charge in [-0.05, 0) is 0 Å². The Morgan fingerprint density at radius 3 is 2.58 bits per heavy atom. The number of rotatable bonds is 4. The predicted molar refractivity (Wildman–Crippen MR) is 84.6 cm³/mol. The lowest BCUT2D eigenvalue weighted by Gasteiger charge is -2.38. The van der Waals surface area contributed by atoms with Crippen molar-refractivity contribution in [2.75, 3.05) is 25.6 Å². The first-order valence-corrected chi connectivity index (χ1v) is 9.10. The maximum Gasteiger partial charge on any atom is 0.469 e. The Morgan fingerprint density at radius 1 is 1.31 bits per heavy atom. The number of phosphoric acid groups is 1. The molecule has 1 aromatic rings. The Morgan fingerprint density at radius 2 is 1.96 bits per heavy atom. The third-order valence-corrected chi connectivity index (χ3v) is 4.92. The zero-order valence-corrected chi connectivity index (χ0v) is 14.8. The normalized spacial score (nSPS) is 32.3. The van der Waals surface area contributed by atoms with Gasteiger partial charge in [-0.3, -0.25) is 19.6 Å². The molecule has 146 valence electrons. The van der Waals surface area contributed by atoms with Crippen LogP contribution >= 0.6 is 7.82 Å². The van der Waals surface area contributed by atoms with E-state index in [1.54, 1.807) is 11.9 Å². The van der Waals surface area contributed by atoms with Crippen molar-refractivity contribution in [3.05, 3.63) is 12.0 Å². The van der Waals surface area contributed by atoms with Gasteiger partial charge in [0.15, 0.2) is 18.2 Å². The van der Waals surface area contributed by atoms with Gasteiger partial charge in [0.2, 0.25) is 0 Å². The molecule has 5 atom stereocenters. The number of ether oxygens (including phenoxy) is 1.